The number of aryl methyl sites for hydroxylation is 2. The summed E-state index contributed by atoms with van der Waals surface area (Å²) in [6.07, 6.45) is 1.82. The predicted molar refractivity (Wildman–Crippen MR) is 122 cm³/mol. The van der Waals surface area contributed by atoms with Gasteiger partial charge in [0.1, 0.15) is 0 Å². The second kappa shape index (κ2) is 9.39. The topological polar surface area (TPSA) is 68.0 Å². The first-order chi connectivity index (χ1) is 15.1. The first-order valence-electron chi connectivity index (χ1n) is 10.4. The summed E-state index contributed by atoms with van der Waals surface area (Å²) in [6.45, 7) is 4.05. The molecule has 0 saturated carbocycles. The van der Waals surface area contributed by atoms with Crippen LogP contribution in [0.15, 0.2) is 83.3 Å². The maximum Gasteiger partial charge on any atom is 0.251 e. The Morgan fingerprint density at radius 1 is 0.903 bits per heavy atom. The second-order valence-electron chi connectivity index (χ2n) is 7.76. The molecular weight excluding hydrogens is 386 g/mol. The maximum absolute atomic E-state index is 12.6. The Balaban J connectivity index is 1.37. The minimum absolute atomic E-state index is 0.0835. The first-order valence-corrected chi connectivity index (χ1v) is 10.4. The van der Waals surface area contributed by atoms with E-state index in [1.54, 1.807) is 12.1 Å². The highest BCUT2D eigenvalue weighted by Crippen LogP contribution is 2.24. The number of carbonyl (C=O) groups excluding carboxylic acids is 1. The fourth-order valence-electron chi connectivity index (χ4n) is 3.41. The van der Waals surface area contributed by atoms with Crippen molar-refractivity contribution in [2.45, 2.75) is 32.7 Å². The van der Waals surface area contributed by atoms with Gasteiger partial charge in [-0.3, -0.25) is 4.79 Å². The number of carbonyl (C=O) groups is 1. The maximum atomic E-state index is 12.6. The van der Waals surface area contributed by atoms with Crippen molar-refractivity contribution < 1.29 is 9.21 Å². The van der Waals surface area contributed by atoms with Crippen LogP contribution in [0.3, 0.4) is 0 Å². The van der Waals surface area contributed by atoms with Gasteiger partial charge in [0, 0.05) is 22.7 Å². The van der Waals surface area contributed by atoms with Crippen molar-refractivity contribution in [3.05, 3.63) is 95.6 Å². The van der Waals surface area contributed by atoms with Gasteiger partial charge in [-0.15, -0.1) is 10.2 Å². The van der Waals surface area contributed by atoms with Gasteiger partial charge in [-0.2, -0.15) is 0 Å². The van der Waals surface area contributed by atoms with Crippen LogP contribution in [-0.4, -0.2) is 22.1 Å². The molecule has 1 amide bonds. The van der Waals surface area contributed by atoms with Crippen LogP contribution >= 0.6 is 0 Å². The van der Waals surface area contributed by atoms with E-state index in [4.69, 9.17) is 4.42 Å². The molecule has 1 aromatic heterocycles. The van der Waals surface area contributed by atoms with E-state index in [0.29, 0.717) is 17.3 Å². The lowest BCUT2D eigenvalue weighted by atomic mass is 10.1. The molecule has 3 aromatic carbocycles. The molecule has 1 atom stereocenters. The highest BCUT2D eigenvalue weighted by atomic mass is 16.4. The van der Waals surface area contributed by atoms with E-state index in [1.807, 2.05) is 68.4 Å². The normalized spacial score (nSPS) is 11.8. The van der Waals surface area contributed by atoms with Crippen molar-refractivity contribution in [2.75, 3.05) is 0 Å². The van der Waals surface area contributed by atoms with Gasteiger partial charge in [0.05, 0.1) is 0 Å². The molecule has 4 rings (SSSR count). The van der Waals surface area contributed by atoms with E-state index in [2.05, 4.69) is 27.6 Å². The number of hydrogen-bond acceptors (Lipinski definition) is 4. The third-order valence-electron chi connectivity index (χ3n) is 5.17. The van der Waals surface area contributed by atoms with Crippen LogP contribution < -0.4 is 5.32 Å². The average molecular weight is 412 g/mol. The van der Waals surface area contributed by atoms with E-state index in [-0.39, 0.29) is 11.9 Å². The summed E-state index contributed by atoms with van der Waals surface area (Å²) in [4.78, 5) is 12.6. The molecule has 1 heterocycles. The standard InChI is InChI=1S/C26H25N3O2/c1-18-7-6-10-23(17-18)26-29-28-25(31-26)22-15-13-21(14-16-22)24(30)27-19(2)11-12-20-8-4-3-5-9-20/h3-10,13-17,19H,11-12H2,1-2H3,(H,27,30). The average Bonchev–Trinajstić information content (AvgIpc) is 3.29. The van der Waals surface area contributed by atoms with Crippen molar-refractivity contribution >= 4 is 5.91 Å². The number of rotatable bonds is 7. The van der Waals surface area contributed by atoms with Gasteiger partial charge < -0.3 is 9.73 Å². The molecule has 4 aromatic rings. The highest BCUT2D eigenvalue weighted by Gasteiger charge is 2.13. The monoisotopic (exact) mass is 411 g/mol. The molecule has 5 heteroatoms. The summed E-state index contributed by atoms with van der Waals surface area (Å²) in [6, 6.07) is 25.5. The number of hydrogen-bond donors (Lipinski definition) is 1. The summed E-state index contributed by atoms with van der Waals surface area (Å²) in [5.74, 6) is 0.825. The molecule has 0 radical (unpaired) electrons. The minimum atomic E-state index is -0.0851. The molecule has 5 nitrogen and oxygen atoms in total. The molecule has 0 bridgehead atoms. The minimum Gasteiger partial charge on any atom is -0.416 e. The lowest BCUT2D eigenvalue weighted by Crippen LogP contribution is -2.32. The zero-order chi connectivity index (χ0) is 21.6. The Morgan fingerprint density at radius 2 is 1.61 bits per heavy atom. The van der Waals surface area contributed by atoms with Gasteiger partial charge in [-0.05, 0) is 68.7 Å². The molecule has 1 N–H and O–H groups in total. The Bertz CT molecular complexity index is 1150. The van der Waals surface area contributed by atoms with E-state index in [0.717, 1.165) is 29.5 Å². The lowest BCUT2D eigenvalue weighted by Gasteiger charge is -2.14. The molecule has 0 fully saturated rings. The van der Waals surface area contributed by atoms with Gasteiger partial charge in [0.15, 0.2) is 0 Å². The van der Waals surface area contributed by atoms with Crippen LogP contribution in [0.4, 0.5) is 0 Å². The van der Waals surface area contributed by atoms with E-state index < -0.39 is 0 Å². The van der Waals surface area contributed by atoms with E-state index in [1.165, 1.54) is 5.56 Å². The molecule has 0 spiro atoms. The molecule has 31 heavy (non-hydrogen) atoms. The van der Waals surface area contributed by atoms with Crippen molar-refractivity contribution in [1.29, 1.82) is 0 Å². The van der Waals surface area contributed by atoms with Gasteiger partial charge in [0.2, 0.25) is 11.8 Å². The number of aromatic nitrogens is 2. The third-order valence-corrected chi connectivity index (χ3v) is 5.17. The van der Waals surface area contributed by atoms with Gasteiger partial charge in [-0.25, -0.2) is 0 Å². The number of nitrogens with zero attached hydrogens (tertiary/aromatic N) is 2. The van der Waals surface area contributed by atoms with Crippen molar-refractivity contribution in [1.82, 2.24) is 15.5 Å². The van der Waals surface area contributed by atoms with Gasteiger partial charge >= 0.3 is 0 Å². The second-order valence-corrected chi connectivity index (χ2v) is 7.76. The van der Waals surface area contributed by atoms with Crippen LogP contribution in [0.2, 0.25) is 0 Å². The van der Waals surface area contributed by atoms with Crippen LogP contribution in [-0.2, 0) is 6.42 Å². The van der Waals surface area contributed by atoms with Crippen LogP contribution in [0.1, 0.15) is 34.8 Å². The Hall–Kier alpha value is -3.73. The molecule has 0 aliphatic rings. The molecule has 156 valence electrons. The fraction of sp³-hybridized carbons (Fsp3) is 0.192. The summed E-state index contributed by atoms with van der Waals surface area (Å²) in [5.41, 5.74) is 4.68. The zero-order valence-electron chi connectivity index (χ0n) is 17.7. The van der Waals surface area contributed by atoms with Crippen molar-refractivity contribution in [2.24, 2.45) is 0 Å². The van der Waals surface area contributed by atoms with Crippen LogP contribution in [0.5, 0.6) is 0 Å². The number of amides is 1. The SMILES string of the molecule is Cc1cccc(-c2nnc(-c3ccc(C(=O)NC(C)CCc4ccccc4)cc3)o2)c1. The number of nitrogens with one attached hydrogen (secondary N) is 1. The highest BCUT2D eigenvalue weighted by molar-refractivity contribution is 5.94. The van der Waals surface area contributed by atoms with Crippen molar-refractivity contribution in [3.63, 3.8) is 0 Å². The van der Waals surface area contributed by atoms with Crippen LogP contribution in [0.25, 0.3) is 22.9 Å². The fourth-order valence-corrected chi connectivity index (χ4v) is 3.41. The lowest BCUT2D eigenvalue weighted by molar-refractivity contribution is 0.0938. The Morgan fingerprint density at radius 3 is 2.32 bits per heavy atom. The summed E-state index contributed by atoms with van der Waals surface area (Å²) in [5, 5.41) is 11.4. The van der Waals surface area contributed by atoms with Crippen LogP contribution in [0, 0.1) is 6.92 Å². The summed E-state index contributed by atoms with van der Waals surface area (Å²) >= 11 is 0. The molecule has 0 saturated heterocycles. The zero-order valence-corrected chi connectivity index (χ0v) is 17.7. The van der Waals surface area contributed by atoms with Gasteiger partial charge in [-0.1, -0.05) is 48.0 Å². The summed E-state index contributed by atoms with van der Waals surface area (Å²) in [7, 11) is 0. The van der Waals surface area contributed by atoms with Crippen molar-refractivity contribution in [3.8, 4) is 22.9 Å². The Kier molecular flexibility index (Phi) is 6.22. The summed E-state index contributed by atoms with van der Waals surface area (Å²) < 4.78 is 5.83. The smallest absolute Gasteiger partial charge is 0.251 e. The molecule has 0 aliphatic carbocycles. The largest absolute Gasteiger partial charge is 0.416 e. The third kappa shape index (κ3) is 5.25. The van der Waals surface area contributed by atoms with E-state index in [9.17, 15) is 4.79 Å². The molecule has 1 unspecified atom stereocenters. The molecular formula is C26H25N3O2. The number of benzene rings is 3. The quantitative estimate of drug-likeness (QED) is 0.438. The Labute approximate surface area is 182 Å². The molecule has 0 aliphatic heterocycles. The predicted octanol–water partition coefficient (Wildman–Crippen LogP) is 5.46. The van der Waals surface area contributed by atoms with E-state index >= 15 is 0 Å². The first kappa shape index (κ1) is 20.5. The van der Waals surface area contributed by atoms with Gasteiger partial charge in [0.25, 0.3) is 5.91 Å².